The molecular weight excluding hydrogens is 200 g/mol. The average Bonchev–Trinajstić information content (AvgIpc) is 2.63. The van der Waals surface area contributed by atoms with Crippen molar-refractivity contribution in [1.29, 1.82) is 0 Å². The summed E-state index contributed by atoms with van der Waals surface area (Å²) < 4.78 is 11.1. The summed E-state index contributed by atoms with van der Waals surface area (Å²) in [5, 5.41) is 6.89. The Morgan fingerprint density at radius 3 is 2.47 bits per heavy atom. The normalized spacial score (nSPS) is 28.3. The fraction of sp³-hybridized carbons (Fsp3) is 0.800. The van der Waals surface area contributed by atoms with Gasteiger partial charge in [-0.05, 0) is 0 Å². The van der Waals surface area contributed by atoms with Crippen LogP contribution < -0.4 is 0 Å². The summed E-state index contributed by atoms with van der Waals surface area (Å²) >= 11 is 0. The monoisotopic (exact) mass is 216 g/mol. The van der Waals surface area contributed by atoms with Gasteiger partial charge < -0.3 is 14.6 Å². The van der Waals surface area contributed by atoms with Crippen molar-refractivity contribution < 1.29 is 24.2 Å². The standard InChI is InChI=1S/C9H14O3.CH2O2/c1-7-6-9(3-2-8(7)10)11-4-5-12-9;2-1-3/h7H,2-6H2,1H3;1H,(H,2,3). The lowest BCUT2D eigenvalue weighted by Gasteiger charge is -2.33. The Hall–Kier alpha value is -0.940. The number of hydrogen-bond acceptors (Lipinski definition) is 4. The van der Waals surface area contributed by atoms with Crippen LogP contribution in [0.1, 0.15) is 26.2 Å². The molecule has 1 spiro atoms. The zero-order valence-corrected chi connectivity index (χ0v) is 8.77. The minimum atomic E-state index is -0.396. The van der Waals surface area contributed by atoms with Crippen molar-refractivity contribution in [3.8, 4) is 0 Å². The van der Waals surface area contributed by atoms with Gasteiger partial charge in [0.2, 0.25) is 0 Å². The van der Waals surface area contributed by atoms with Crippen molar-refractivity contribution in [2.24, 2.45) is 5.92 Å². The molecule has 0 amide bonds. The van der Waals surface area contributed by atoms with E-state index in [9.17, 15) is 4.79 Å². The second kappa shape index (κ2) is 5.23. The smallest absolute Gasteiger partial charge is 0.290 e. The Balaban J connectivity index is 0.000000337. The SMILES string of the molecule is CC1CC2(CCC1=O)OCCO2.O=CO. The molecule has 0 aromatic carbocycles. The molecule has 15 heavy (non-hydrogen) atoms. The molecule has 1 heterocycles. The van der Waals surface area contributed by atoms with Gasteiger partial charge in [0, 0.05) is 25.2 Å². The lowest BCUT2D eigenvalue weighted by molar-refractivity contribution is -0.187. The Morgan fingerprint density at radius 2 is 2.00 bits per heavy atom. The highest BCUT2D eigenvalue weighted by atomic mass is 16.7. The highest BCUT2D eigenvalue weighted by Crippen LogP contribution is 2.36. The third kappa shape index (κ3) is 3.00. The second-order valence-corrected chi connectivity index (χ2v) is 3.78. The molecule has 1 aliphatic heterocycles. The van der Waals surface area contributed by atoms with E-state index in [4.69, 9.17) is 19.4 Å². The number of ketones is 1. The molecule has 1 atom stereocenters. The molecule has 1 saturated heterocycles. The molecule has 5 heteroatoms. The number of carbonyl (C=O) groups excluding carboxylic acids is 1. The van der Waals surface area contributed by atoms with Crippen LogP contribution >= 0.6 is 0 Å². The maximum Gasteiger partial charge on any atom is 0.290 e. The Labute approximate surface area is 88.4 Å². The Morgan fingerprint density at radius 1 is 1.47 bits per heavy atom. The highest BCUT2D eigenvalue weighted by Gasteiger charge is 2.42. The summed E-state index contributed by atoms with van der Waals surface area (Å²) in [6.07, 6.45) is 2.10. The van der Waals surface area contributed by atoms with Crippen LogP contribution in [0.5, 0.6) is 0 Å². The molecule has 5 nitrogen and oxygen atoms in total. The van der Waals surface area contributed by atoms with Crippen molar-refractivity contribution in [1.82, 2.24) is 0 Å². The van der Waals surface area contributed by atoms with Gasteiger partial charge in [-0.1, -0.05) is 6.92 Å². The topological polar surface area (TPSA) is 72.8 Å². The van der Waals surface area contributed by atoms with E-state index < -0.39 is 5.79 Å². The molecule has 1 saturated carbocycles. The molecule has 0 radical (unpaired) electrons. The van der Waals surface area contributed by atoms with Crippen LogP contribution in [0.2, 0.25) is 0 Å². The van der Waals surface area contributed by atoms with Crippen LogP contribution in [0.15, 0.2) is 0 Å². The van der Waals surface area contributed by atoms with E-state index in [0.29, 0.717) is 25.4 Å². The molecule has 2 aliphatic rings. The summed E-state index contributed by atoms with van der Waals surface area (Å²) in [6, 6.07) is 0. The second-order valence-electron chi connectivity index (χ2n) is 3.78. The van der Waals surface area contributed by atoms with Crippen LogP contribution in [0.25, 0.3) is 0 Å². The quantitative estimate of drug-likeness (QED) is 0.607. The van der Waals surface area contributed by atoms with E-state index in [1.807, 2.05) is 6.92 Å². The van der Waals surface area contributed by atoms with Crippen molar-refractivity contribution in [3.05, 3.63) is 0 Å². The first kappa shape index (κ1) is 12.1. The molecule has 1 N–H and O–H groups in total. The van der Waals surface area contributed by atoms with E-state index >= 15 is 0 Å². The predicted octanol–water partition coefficient (Wildman–Crippen LogP) is 0.819. The number of carbonyl (C=O) groups is 2. The van der Waals surface area contributed by atoms with Crippen LogP contribution in [0.3, 0.4) is 0 Å². The average molecular weight is 216 g/mol. The molecule has 2 rings (SSSR count). The van der Waals surface area contributed by atoms with Gasteiger partial charge in [0.1, 0.15) is 5.78 Å². The Kier molecular flexibility index (Phi) is 4.23. The van der Waals surface area contributed by atoms with E-state index in [1.165, 1.54) is 0 Å². The summed E-state index contributed by atoms with van der Waals surface area (Å²) in [6.45, 7) is 3.07. The Bertz CT molecular complexity index is 232. The van der Waals surface area contributed by atoms with Crippen LogP contribution in [-0.4, -0.2) is 36.4 Å². The minimum Gasteiger partial charge on any atom is -0.483 e. The minimum absolute atomic E-state index is 0.108. The first-order chi connectivity index (χ1) is 7.13. The number of Topliss-reactive ketones (excluding diaryl/α,β-unsaturated/α-hetero) is 1. The summed E-state index contributed by atoms with van der Waals surface area (Å²) in [5.41, 5.74) is 0. The van der Waals surface area contributed by atoms with Crippen LogP contribution in [0, 0.1) is 5.92 Å². The zero-order chi connectivity index (χ0) is 11.3. The summed E-state index contributed by atoms with van der Waals surface area (Å²) in [7, 11) is 0. The van der Waals surface area contributed by atoms with Gasteiger partial charge in [0.25, 0.3) is 6.47 Å². The van der Waals surface area contributed by atoms with Crippen molar-refractivity contribution >= 4 is 12.3 Å². The molecule has 1 unspecified atom stereocenters. The largest absolute Gasteiger partial charge is 0.483 e. The molecule has 0 bridgehead atoms. The summed E-state index contributed by atoms with van der Waals surface area (Å²) in [5.74, 6) is 0.0597. The van der Waals surface area contributed by atoms with E-state index in [2.05, 4.69) is 0 Å². The highest BCUT2D eigenvalue weighted by molar-refractivity contribution is 5.81. The fourth-order valence-electron chi connectivity index (χ4n) is 2.00. The van der Waals surface area contributed by atoms with Crippen molar-refractivity contribution in [2.75, 3.05) is 13.2 Å². The van der Waals surface area contributed by atoms with E-state index in [1.54, 1.807) is 0 Å². The van der Waals surface area contributed by atoms with Gasteiger partial charge in [0.15, 0.2) is 5.79 Å². The van der Waals surface area contributed by atoms with Crippen molar-refractivity contribution in [3.63, 3.8) is 0 Å². The van der Waals surface area contributed by atoms with E-state index in [0.717, 1.165) is 12.8 Å². The molecule has 86 valence electrons. The maximum atomic E-state index is 11.2. The van der Waals surface area contributed by atoms with Crippen LogP contribution in [0.4, 0.5) is 0 Å². The molecule has 0 aromatic heterocycles. The number of carboxylic acid groups (broad SMARTS) is 1. The maximum absolute atomic E-state index is 11.2. The van der Waals surface area contributed by atoms with E-state index in [-0.39, 0.29) is 12.4 Å². The summed E-state index contributed by atoms with van der Waals surface area (Å²) in [4.78, 5) is 19.6. The third-order valence-electron chi connectivity index (χ3n) is 2.73. The van der Waals surface area contributed by atoms with Gasteiger partial charge in [-0.15, -0.1) is 0 Å². The predicted molar refractivity (Wildman–Crippen MR) is 51.3 cm³/mol. The molecular formula is C10H16O5. The molecule has 0 aromatic rings. The third-order valence-corrected chi connectivity index (χ3v) is 2.73. The van der Waals surface area contributed by atoms with Gasteiger partial charge in [-0.25, -0.2) is 0 Å². The molecule has 1 aliphatic carbocycles. The lowest BCUT2D eigenvalue weighted by Crippen LogP contribution is -2.39. The van der Waals surface area contributed by atoms with Gasteiger partial charge in [-0.3, -0.25) is 9.59 Å². The van der Waals surface area contributed by atoms with Crippen LogP contribution in [-0.2, 0) is 19.1 Å². The van der Waals surface area contributed by atoms with Gasteiger partial charge >= 0.3 is 0 Å². The first-order valence-electron chi connectivity index (χ1n) is 5.02. The number of ether oxygens (including phenoxy) is 2. The zero-order valence-electron chi connectivity index (χ0n) is 8.77. The number of hydrogen-bond donors (Lipinski definition) is 1. The number of rotatable bonds is 0. The first-order valence-corrected chi connectivity index (χ1v) is 5.02. The fourth-order valence-corrected chi connectivity index (χ4v) is 2.00. The molecule has 2 fully saturated rings. The van der Waals surface area contributed by atoms with Gasteiger partial charge in [0.05, 0.1) is 13.2 Å². The lowest BCUT2D eigenvalue weighted by atomic mass is 9.85. The van der Waals surface area contributed by atoms with Gasteiger partial charge in [-0.2, -0.15) is 0 Å². The van der Waals surface area contributed by atoms with Crippen molar-refractivity contribution in [2.45, 2.75) is 32.0 Å².